The van der Waals surface area contributed by atoms with Crippen LogP contribution in [0.25, 0.3) is 21.6 Å². The van der Waals surface area contributed by atoms with Crippen molar-refractivity contribution in [3.05, 3.63) is 58.0 Å². The zero-order valence-electron chi connectivity index (χ0n) is 17.1. The molecule has 162 valence electrons. The molecule has 31 heavy (non-hydrogen) atoms. The normalized spacial score (nSPS) is 12.0. The first-order chi connectivity index (χ1) is 14.8. The second-order valence-electron chi connectivity index (χ2n) is 6.75. The first-order valence-corrected chi connectivity index (χ1v) is 11.7. The lowest BCUT2D eigenvalue weighted by atomic mass is 10.2. The lowest BCUT2D eigenvalue weighted by Crippen LogP contribution is -2.26. The number of ether oxygens (including phenoxy) is 1. The topological polar surface area (TPSA) is 108 Å². The molecule has 0 radical (unpaired) electrons. The van der Waals surface area contributed by atoms with Gasteiger partial charge in [-0.2, -0.15) is 9.29 Å². The molecule has 4 aromatic rings. The summed E-state index contributed by atoms with van der Waals surface area (Å²) in [6, 6.07) is 11.9. The van der Waals surface area contributed by atoms with Crippen molar-refractivity contribution in [2.24, 2.45) is 0 Å². The molecule has 2 aromatic carbocycles. The Morgan fingerprint density at radius 3 is 2.77 bits per heavy atom. The first kappa shape index (κ1) is 21.2. The summed E-state index contributed by atoms with van der Waals surface area (Å²) < 4.78 is 39.9. The van der Waals surface area contributed by atoms with Gasteiger partial charge in [-0.05, 0) is 37.3 Å². The molecule has 0 saturated heterocycles. The number of sulfonamides is 1. The SMILES string of the molecule is CCn1c(=O)sc2cc(S(=O)(=O)N(C)Cc3nc(-c4cccc(OC)c4)no3)ccc21. The lowest BCUT2D eigenvalue weighted by Gasteiger charge is -2.15. The summed E-state index contributed by atoms with van der Waals surface area (Å²) in [5.74, 6) is 1.15. The van der Waals surface area contributed by atoms with Crippen LogP contribution in [0.5, 0.6) is 5.75 Å². The Bertz CT molecular complexity index is 1400. The molecular weight excluding hydrogens is 440 g/mol. The van der Waals surface area contributed by atoms with Gasteiger partial charge in [0.15, 0.2) is 0 Å². The third-order valence-electron chi connectivity index (χ3n) is 4.82. The molecule has 11 heteroatoms. The van der Waals surface area contributed by atoms with Gasteiger partial charge in [0, 0.05) is 19.2 Å². The maximum Gasteiger partial charge on any atom is 0.308 e. The summed E-state index contributed by atoms with van der Waals surface area (Å²) in [6.07, 6.45) is 0. The number of hydrogen-bond acceptors (Lipinski definition) is 8. The third kappa shape index (κ3) is 3.99. The Morgan fingerprint density at radius 2 is 2.03 bits per heavy atom. The van der Waals surface area contributed by atoms with Crippen molar-refractivity contribution in [3.63, 3.8) is 0 Å². The molecule has 0 unspecified atom stereocenters. The van der Waals surface area contributed by atoms with Gasteiger partial charge in [0.05, 0.1) is 28.8 Å². The van der Waals surface area contributed by atoms with E-state index in [0.717, 1.165) is 21.2 Å². The van der Waals surface area contributed by atoms with Gasteiger partial charge in [-0.15, -0.1) is 0 Å². The van der Waals surface area contributed by atoms with Gasteiger partial charge in [-0.25, -0.2) is 8.42 Å². The quantitative estimate of drug-likeness (QED) is 0.417. The van der Waals surface area contributed by atoms with Gasteiger partial charge in [0.25, 0.3) is 0 Å². The fourth-order valence-electron chi connectivity index (χ4n) is 3.16. The van der Waals surface area contributed by atoms with E-state index in [9.17, 15) is 13.2 Å². The Hall–Kier alpha value is -3.02. The highest BCUT2D eigenvalue weighted by molar-refractivity contribution is 7.89. The Morgan fingerprint density at radius 1 is 1.23 bits per heavy atom. The maximum absolute atomic E-state index is 13.0. The highest BCUT2D eigenvalue weighted by Gasteiger charge is 2.24. The Balaban J connectivity index is 1.58. The molecule has 0 aliphatic heterocycles. The number of fused-ring (bicyclic) bond motifs is 1. The molecule has 0 aliphatic carbocycles. The fraction of sp³-hybridized carbons (Fsp3) is 0.250. The van der Waals surface area contributed by atoms with Crippen molar-refractivity contribution in [3.8, 4) is 17.1 Å². The number of nitrogens with zero attached hydrogens (tertiary/aromatic N) is 4. The van der Waals surface area contributed by atoms with Crippen LogP contribution in [0.3, 0.4) is 0 Å². The van der Waals surface area contributed by atoms with Gasteiger partial charge in [0.2, 0.25) is 21.7 Å². The van der Waals surface area contributed by atoms with Gasteiger partial charge in [-0.3, -0.25) is 9.36 Å². The molecule has 0 saturated carbocycles. The van der Waals surface area contributed by atoms with E-state index < -0.39 is 10.0 Å². The van der Waals surface area contributed by atoms with E-state index in [2.05, 4.69) is 10.1 Å². The molecule has 0 fully saturated rings. The van der Waals surface area contributed by atoms with Crippen LogP contribution >= 0.6 is 11.3 Å². The summed E-state index contributed by atoms with van der Waals surface area (Å²) in [4.78, 5) is 16.3. The van der Waals surface area contributed by atoms with Crippen molar-refractivity contribution < 1.29 is 17.7 Å². The molecule has 2 heterocycles. The molecule has 9 nitrogen and oxygen atoms in total. The number of thiazole rings is 1. The Kier molecular flexibility index (Phi) is 5.65. The third-order valence-corrected chi connectivity index (χ3v) is 7.56. The van der Waals surface area contributed by atoms with E-state index in [1.807, 2.05) is 6.92 Å². The zero-order chi connectivity index (χ0) is 22.2. The van der Waals surface area contributed by atoms with Crippen molar-refractivity contribution in [2.75, 3.05) is 14.2 Å². The molecule has 0 bridgehead atoms. The number of methoxy groups -OCH3 is 1. The number of benzene rings is 2. The van der Waals surface area contributed by atoms with Crippen molar-refractivity contribution in [1.29, 1.82) is 0 Å². The van der Waals surface area contributed by atoms with E-state index in [0.29, 0.717) is 28.4 Å². The minimum atomic E-state index is -3.82. The smallest absolute Gasteiger partial charge is 0.308 e. The van der Waals surface area contributed by atoms with Gasteiger partial charge >= 0.3 is 4.87 Å². The molecule has 4 rings (SSSR count). The lowest BCUT2D eigenvalue weighted by molar-refractivity contribution is 0.337. The van der Waals surface area contributed by atoms with Crippen LogP contribution in [0.1, 0.15) is 12.8 Å². The fourth-order valence-corrected chi connectivity index (χ4v) is 5.38. The van der Waals surface area contributed by atoms with E-state index in [-0.39, 0.29) is 22.2 Å². The number of aromatic nitrogens is 3. The summed E-state index contributed by atoms with van der Waals surface area (Å²) in [5.41, 5.74) is 1.42. The minimum Gasteiger partial charge on any atom is -0.497 e. The van der Waals surface area contributed by atoms with Gasteiger partial charge in [-0.1, -0.05) is 28.6 Å². The highest BCUT2D eigenvalue weighted by atomic mass is 32.2. The van der Waals surface area contributed by atoms with Crippen LogP contribution in [-0.4, -0.2) is 41.6 Å². The van der Waals surface area contributed by atoms with Crippen LogP contribution in [0.2, 0.25) is 0 Å². The molecule has 0 aliphatic rings. The van der Waals surface area contributed by atoms with E-state index in [1.165, 1.54) is 19.2 Å². The molecule has 0 N–H and O–H groups in total. The van der Waals surface area contributed by atoms with E-state index in [4.69, 9.17) is 9.26 Å². The van der Waals surface area contributed by atoms with Gasteiger partial charge in [0.1, 0.15) is 5.75 Å². The number of aryl methyl sites for hydroxylation is 1. The summed E-state index contributed by atoms with van der Waals surface area (Å²) in [6.45, 7) is 2.30. The largest absolute Gasteiger partial charge is 0.497 e. The second kappa shape index (κ2) is 8.25. The summed E-state index contributed by atoms with van der Waals surface area (Å²) in [7, 11) is -0.822. The van der Waals surface area contributed by atoms with Crippen LogP contribution in [0, 0.1) is 0 Å². The standard InChI is InChI=1S/C20H20N4O5S2/c1-4-24-16-9-8-15(11-17(16)30-20(24)25)31(26,27)23(2)12-18-21-19(22-29-18)13-6-5-7-14(10-13)28-3/h5-11H,4,12H2,1-3H3. The Labute approximate surface area is 182 Å². The average molecular weight is 461 g/mol. The van der Waals surface area contributed by atoms with E-state index in [1.54, 1.807) is 42.0 Å². The van der Waals surface area contributed by atoms with Crippen molar-refractivity contribution in [1.82, 2.24) is 19.0 Å². The minimum absolute atomic E-state index is 0.0937. The molecule has 0 amide bonds. The molecule has 2 aromatic heterocycles. The number of rotatable bonds is 7. The van der Waals surface area contributed by atoms with Gasteiger partial charge < -0.3 is 9.26 Å². The molecular formula is C20H20N4O5S2. The van der Waals surface area contributed by atoms with Crippen molar-refractivity contribution >= 4 is 31.6 Å². The predicted molar refractivity (Wildman–Crippen MR) is 117 cm³/mol. The predicted octanol–water partition coefficient (Wildman–Crippen LogP) is 2.96. The molecule has 0 atom stereocenters. The van der Waals surface area contributed by atoms with Crippen LogP contribution in [0.15, 0.2) is 56.7 Å². The highest BCUT2D eigenvalue weighted by Crippen LogP contribution is 2.25. The molecule has 0 spiro atoms. The first-order valence-electron chi connectivity index (χ1n) is 9.40. The van der Waals surface area contributed by atoms with Crippen LogP contribution in [-0.2, 0) is 23.1 Å². The maximum atomic E-state index is 13.0. The summed E-state index contributed by atoms with van der Waals surface area (Å²) in [5, 5.41) is 3.93. The van der Waals surface area contributed by atoms with Crippen LogP contribution in [0.4, 0.5) is 0 Å². The van der Waals surface area contributed by atoms with Crippen molar-refractivity contribution in [2.45, 2.75) is 24.9 Å². The second-order valence-corrected chi connectivity index (χ2v) is 9.78. The van der Waals surface area contributed by atoms with E-state index >= 15 is 0 Å². The van der Waals surface area contributed by atoms with Crippen LogP contribution < -0.4 is 9.61 Å². The summed E-state index contributed by atoms with van der Waals surface area (Å²) >= 11 is 1.03. The zero-order valence-corrected chi connectivity index (χ0v) is 18.7. The monoisotopic (exact) mass is 460 g/mol. The average Bonchev–Trinajstić information content (AvgIpc) is 3.36. The number of hydrogen-bond donors (Lipinski definition) is 0.